The number of hydrogen-bond donors (Lipinski definition) is 0. The highest BCUT2D eigenvalue weighted by atomic mass is 35.5. The van der Waals surface area contributed by atoms with E-state index in [0.29, 0.717) is 17.4 Å². The van der Waals surface area contributed by atoms with Gasteiger partial charge in [-0.05, 0) is 36.2 Å². The zero-order chi connectivity index (χ0) is 11.1. The van der Waals surface area contributed by atoms with Crippen molar-refractivity contribution in [3.05, 3.63) is 35.6 Å². The minimum absolute atomic E-state index is 0.273. The van der Waals surface area contributed by atoms with Gasteiger partial charge in [-0.15, -0.1) is 11.6 Å². The van der Waals surface area contributed by atoms with Crippen LogP contribution in [0.25, 0.3) is 0 Å². The summed E-state index contributed by atoms with van der Waals surface area (Å²) >= 11 is 4.61. The Bertz CT molecular complexity index is 296. The van der Waals surface area contributed by atoms with Crippen molar-refractivity contribution in [3.8, 4) is 0 Å². The van der Waals surface area contributed by atoms with Crippen LogP contribution in [0.4, 0.5) is 4.39 Å². The summed E-state index contributed by atoms with van der Waals surface area (Å²) in [5, 5.41) is 0. The van der Waals surface area contributed by atoms with Crippen molar-refractivity contribution in [2.45, 2.75) is 18.6 Å². The van der Waals surface area contributed by atoms with E-state index < -0.39 is 11.2 Å². The fraction of sp³-hybridized carbons (Fsp3) is 0.455. The Morgan fingerprint density at radius 1 is 1.33 bits per heavy atom. The molecule has 0 bridgehead atoms. The Labute approximate surface area is 97.8 Å². The quantitative estimate of drug-likeness (QED) is 0.431. The van der Waals surface area contributed by atoms with Gasteiger partial charge in [-0.2, -0.15) is 0 Å². The molecule has 0 amide bonds. The normalized spacial score (nSPS) is 12.7. The van der Waals surface area contributed by atoms with Crippen LogP contribution in [0.1, 0.15) is 18.4 Å². The Balaban J connectivity index is 2.34. The van der Waals surface area contributed by atoms with Crippen LogP contribution in [-0.4, -0.2) is 16.2 Å². The second-order valence-electron chi connectivity index (χ2n) is 3.31. The van der Waals surface area contributed by atoms with Crippen molar-refractivity contribution in [3.63, 3.8) is 0 Å². The molecule has 0 aliphatic rings. The number of alkyl halides is 1. The largest absolute Gasteiger partial charge is 0.616 e. The molecular weight excluding hydrogens is 235 g/mol. The van der Waals surface area contributed by atoms with E-state index in [1.54, 1.807) is 12.1 Å². The van der Waals surface area contributed by atoms with E-state index in [4.69, 9.17) is 11.6 Å². The highest BCUT2D eigenvalue weighted by Crippen LogP contribution is 2.10. The molecule has 4 heteroatoms. The summed E-state index contributed by atoms with van der Waals surface area (Å²) in [6.07, 6.45) is 1.75. The molecule has 0 heterocycles. The number of halogens is 2. The van der Waals surface area contributed by atoms with Crippen LogP contribution in [0.15, 0.2) is 24.3 Å². The van der Waals surface area contributed by atoms with Crippen LogP contribution in [0.3, 0.4) is 0 Å². The maximum absolute atomic E-state index is 12.8. The van der Waals surface area contributed by atoms with Crippen LogP contribution in [0.2, 0.25) is 0 Å². The standard InChI is InChI=1S/C11H14ClFOS/c12-6-1-2-7-15(14)9-10-4-3-5-11(13)8-10/h3-5,8H,1-2,6-7,9H2. The fourth-order valence-corrected chi connectivity index (χ4v) is 2.65. The average Bonchev–Trinajstić information content (AvgIpc) is 2.18. The van der Waals surface area contributed by atoms with E-state index in [0.717, 1.165) is 18.4 Å². The van der Waals surface area contributed by atoms with Gasteiger partial charge >= 0.3 is 0 Å². The van der Waals surface area contributed by atoms with E-state index >= 15 is 0 Å². The molecule has 1 unspecified atom stereocenters. The van der Waals surface area contributed by atoms with Gasteiger partial charge in [0.1, 0.15) is 17.3 Å². The van der Waals surface area contributed by atoms with E-state index in [9.17, 15) is 8.94 Å². The predicted octanol–water partition coefficient (Wildman–Crippen LogP) is 3.09. The molecular formula is C11H14ClFOS. The minimum atomic E-state index is -0.906. The summed E-state index contributed by atoms with van der Waals surface area (Å²) in [6, 6.07) is 6.25. The maximum Gasteiger partial charge on any atom is 0.130 e. The van der Waals surface area contributed by atoms with Gasteiger partial charge in [0.05, 0.1) is 0 Å². The van der Waals surface area contributed by atoms with Crippen LogP contribution < -0.4 is 0 Å². The topological polar surface area (TPSA) is 23.1 Å². The molecule has 0 aliphatic heterocycles. The minimum Gasteiger partial charge on any atom is -0.616 e. The van der Waals surface area contributed by atoms with Crippen molar-refractivity contribution in [1.29, 1.82) is 0 Å². The Kier molecular flexibility index (Phi) is 6.06. The second kappa shape index (κ2) is 7.09. The lowest BCUT2D eigenvalue weighted by molar-refractivity contribution is 0.590. The summed E-state index contributed by atoms with van der Waals surface area (Å²) in [5.74, 6) is 1.41. The third kappa shape index (κ3) is 5.40. The molecule has 1 rings (SSSR count). The first-order chi connectivity index (χ1) is 7.22. The summed E-state index contributed by atoms with van der Waals surface area (Å²) in [6.45, 7) is 0. The predicted molar refractivity (Wildman–Crippen MR) is 63.1 cm³/mol. The molecule has 1 aromatic rings. The van der Waals surface area contributed by atoms with Crippen molar-refractivity contribution >= 4 is 22.8 Å². The Hall–Kier alpha value is -0.250. The van der Waals surface area contributed by atoms with Crippen molar-refractivity contribution in [2.24, 2.45) is 0 Å². The van der Waals surface area contributed by atoms with Crippen molar-refractivity contribution in [2.75, 3.05) is 11.6 Å². The zero-order valence-electron chi connectivity index (χ0n) is 8.42. The monoisotopic (exact) mass is 248 g/mol. The number of hydrogen-bond acceptors (Lipinski definition) is 1. The highest BCUT2D eigenvalue weighted by Gasteiger charge is 2.07. The van der Waals surface area contributed by atoms with Crippen LogP contribution >= 0.6 is 11.6 Å². The lowest BCUT2D eigenvalue weighted by Crippen LogP contribution is -2.09. The van der Waals surface area contributed by atoms with Gasteiger partial charge < -0.3 is 4.55 Å². The molecule has 1 nitrogen and oxygen atoms in total. The fourth-order valence-electron chi connectivity index (χ4n) is 1.24. The molecule has 0 radical (unpaired) electrons. The van der Waals surface area contributed by atoms with E-state index in [-0.39, 0.29) is 5.82 Å². The van der Waals surface area contributed by atoms with E-state index in [1.807, 2.05) is 0 Å². The highest BCUT2D eigenvalue weighted by molar-refractivity contribution is 7.90. The van der Waals surface area contributed by atoms with Gasteiger partial charge in [-0.3, -0.25) is 0 Å². The Morgan fingerprint density at radius 3 is 2.80 bits per heavy atom. The van der Waals surface area contributed by atoms with Crippen LogP contribution in [0.5, 0.6) is 0 Å². The molecule has 1 atom stereocenters. The maximum atomic E-state index is 12.8. The molecule has 0 N–H and O–H groups in total. The van der Waals surface area contributed by atoms with Gasteiger partial charge in [-0.25, -0.2) is 4.39 Å². The second-order valence-corrected chi connectivity index (χ2v) is 5.27. The smallest absolute Gasteiger partial charge is 0.130 e. The lowest BCUT2D eigenvalue weighted by atomic mass is 10.2. The molecule has 1 aromatic carbocycles. The van der Waals surface area contributed by atoms with Crippen LogP contribution in [0, 0.1) is 5.82 Å². The van der Waals surface area contributed by atoms with Crippen molar-refractivity contribution in [1.82, 2.24) is 0 Å². The zero-order valence-corrected chi connectivity index (χ0v) is 9.99. The van der Waals surface area contributed by atoms with Gasteiger partial charge in [0.25, 0.3) is 0 Å². The molecule has 0 aliphatic carbocycles. The Morgan fingerprint density at radius 2 is 2.13 bits per heavy atom. The van der Waals surface area contributed by atoms with Gasteiger partial charge in [0.2, 0.25) is 0 Å². The average molecular weight is 249 g/mol. The molecule has 0 spiro atoms. The summed E-state index contributed by atoms with van der Waals surface area (Å²) in [5.41, 5.74) is 0.791. The first kappa shape index (κ1) is 12.8. The summed E-state index contributed by atoms with van der Waals surface area (Å²) < 4.78 is 24.4. The van der Waals surface area contributed by atoms with E-state index in [1.165, 1.54) is 12.1 Å². The molecule has 15 heavy (non-hydrogen) atoms. The molecule has 0 saturated carbocycles. The van der Waals surface area contributed by atoms with Crippen molar-refractivity contribution < 1.29 is 8.94 Å². The number of unbranched alkanes of at least 4 members (excludes halogenated alkanes) is 1. The molecule has 0 aromatic heterocycles. The first-order valence-corrected chi connectivity index (χ1v) is 6.90. The molecule has 0 fully saturated rings. The molecule has 0 saturated heterocycles. The number of benzene rings is 1. The van der Waals surface area contributed by atoms with Gasteiger partial charge in [-0.1, -0.05) is 12.1 Å². The van der Waals surface area contributed by atoms with E-state index in [2.05, 4.69) is 0 Å². The van der Waals surface area contributed by atoms with Crippen LogP contribution in [-0.2, 0) is 16.9 Å². The third-order valence-electron chi connectivity index (χ3n) is 1.97. The third-order valence-corrected chi connectivity index (χ3v) is 3.64. The summed E-state index contributed by atoms with van der Waals surface area (Å²) in [4.78, 5) is 0. The van der Waals surface area contributed by atoms with Gasteiger partial charge in [0.15, 0.2) is 0 Å². The van der Waals surface area contributed by atoms with Gasteiger partial charge in [0, 0.05) is 11.4 Å². The summed E-state index contributed by atoms with van der Waals surface area (Å²) in [7, 11) is 0. The first-order valence-electron chi connectivity index (χ1n) is 4.88. The lowest BCUT2D eigenvalue weighted by Gasteiger charge is -2.10. The number of rotatable bonds is 6. The molecule has 84 valence electrons. The SMILES string of the molecule is [O-][S+](CCCCCl)Cc1cccc(F)c1.